The van der Waals surface area contributed by atoms with Crippen molar-refractivity contribution in [2.75, 3.05) is 13.1 Å². The van der Waals surface area contributed by atoms with Gasteiger partial charge >= 0.3 is 0 Å². The Morgan fingerprint density at radius 2 is 2.06 bits per heavy atom. The first-order chi connectivity index (χ1) is 8.24. The Kier molecular flexibility index (Phi) is 3.69. The third-order valence-electron chi connectivity index (χ3n) is 2.72. The molecule has 2 N–H and O–H groups in total. The molecule has 0 spiro atoms. The van der Waals surface area contributed by atoms with Crippen molar-refractivity contribution in [2.45, 2.75) is 13.8 Å². The zero-order chi connectivity index (χ0) is 12.1. The van der Waals surface area contributed by atoms with Crippen LogP contribution in [0.1, 0.15) is 13.8 Å². The van der Waals surface area contributed by atoms with Crippen LogP contribution in [0.25, 0.3) is 0 Å². The van der Waals surface area contributed by atoms with E-state index in [9.17, 15) is 0 Å². The Bertz CT molecular complexity index is 481. The van der Waals surface area contributed by atoms with E-state index in [-0.39, 0.29) is 0 Å². The first-order valence-electron chi connectivity index (χ1n) is 5.89. The average Bonchev–Trinajstić information content (AvgIpc) is 2.54. The molecule has 0 amide bonds. The second kappa shape index (κ2) is 5.42. The van der Waals surface area contributed by atoms with Crippen LogP contribution in [-0.2, 0) is 0 Å². The minimum absolute atomic E-state index is 0.820. The van der Waals surface area contributed by atoms with Gasteiger partial charge in [0, 0.05) is 24.0 Å². The highest BCUT2D eigenvalue weighted by atomic mass is 15.0. The summed E-state index contributed by atoms with van der Waals surface area (Å²) in [5.74, 6) is 0. The number of allylic oxidation sites excluding steroid dienone is 6. The molecule has 0 radical (unpaired) electrons. The largest absolute Gasteiger partial charge is 0.383 e. The minimum atomic E-state index is 0.820. The summed E-state index contributed by atoms with van der Waals surface area (Å²) in [5.41, 5.74) is 8.03. The van der Waals surface area contributed by atoms with Crippen molar-refractivity contribution in [3.05, 3.63) is 64.7 Å². The number of rotatable bonds is 3. The molecule has 0 aromatic carbocycles. The van der Waals surface area contributed by atoms with Gasteiger partial charge in [0.1, 0.15) is 0 Å². The lowest BCUT2D eigenvalue weighted by Crippen LogP contribution is -2.27. The highest BCUT2D eigenvalue weighted by Crippen LogP contribution is 2.05. The van der Waals surface area contributed by atoms with Crippen LogP contribution in [0.5, 0.6) is 0 Å². The summed E-state index contributed by atoms with van der Waals surface area (Å²) in [6, 6.07) is 0. The normalized spacial score (nSPS) is 18.5. The van der Waals surface area contributed by atoms with Gasteiger partial charge in [-0.1, -0.05) is 17.7 Å². The van der Waals surface area contributed by atoms with Crippen LogP contribution < -0.4 is 10.6 Å². The molecule has 0 saturated carbocycles. The van der Waals surface area contributed by atoms with E-state index >= 15 is 0 Å². The van der Waals surface area contributed by atoms with Crippen LogP contribution in [-0.4, -0.2) is 13.1 Å². The molecule has 1 aliphatic heterocycles. The maximum atomic E-state index is 3.39. The lowest BCUT2D eigenvalue weighted by atomic mass is 10.2. The van der Waals surface area contributed by atoms with Gasteiger partial charge in [-0.2, -0.15) is 0 Å². The number of hydrogen-bond donors (Lipinski definition) is 2. The molecule has 1 aliphatic carbocycles. The molecule has 2 aliphatic rings. The lowest BCUT2D eigenvalue weighted by Gasteiger charge is -2.16. The molecule has 0 atom stereocenters. The van der Waals surface area contributed by atoms with Crippen molar-refractivity contribution >= 4 is 0 Å². The molecule has 2 nitrogen and oxygen atoms in total. The third-order valence-corrected chi connectivity index (χ3v) is 2.72. The number of hydrogen-bond acceptors (Lipinski definition) is 2. The van der Waals surface area contributed by atoms with E-state index in [0.717, 1.165) is 18.8 Å². The minimum Gasteiger partial charge on any atom is -0.383 e. The summed E-state index contributed by atoms with van der Waals surface area (Å²) in [4.78, 5) is 0. The molecule has 0 aromatic rings. The Morgan fingerprint density at radius 3 is 2.82 bits per heavy atom. The van der Waals surface area contributed by atoms with Gasteiger partial charge in [-0.25, -0.2) is 0 Å². The fourth-order valence-corrected chi connectivity index (χ4v) is 1.62. The standard InChI is InChI=1S/C15H18N2/c1-12-4-3-5-14(8-6-12)17-11-15-9-7-13(2)10-16-15/h4-9,16-17H,10-11H2,1-2H3. The summed E-state index contributed by atoms with van der Waals surface area (Å²) >= 11 is 0. The molecule has 0 unspecified atom stereocenters. The molecule has 88 valence electrons. The quantitative estimate of drug-likeness (QED) is 0.723. The molecule has 17 heavy (non-hydrogen) atoms. The Balaban J connectivity index is 1.94. The maximum absolute atomic E-state index is 3.39. The van der Waals surface area contributed by atoms with Crippen molar-refractivity contribution in [3.63, 3.8) is 0 Å². The Labute approximate surface area is 103 Å². The predicted octanol–water partition coefficient (Wildman–Crippen LogP) is 2.56. The van der Waals surface area contributed by atoms with Gasteiger partial charge in [0.2, 0.25) is 0 Å². The topological polar surface area (TPSA) is 24.1 Å². The summed E-state index contributed by atoms with van der Waals surface area (Å²) in [6.07, 6.45) is 12.4. The van der Waals surface area contributed by atoms with Crippen LogP contribution in [0.15, 0.2) is 64.7 Å². The zero-order valence-corrected chi connectivity index (χ0v) is 10.4. The second-order valence-corrected chi connectivity index (χ2v) is 4.40. The number of nitrogens with one attached hydrogen (secondary N) is 2. The van der Waals surface area contributed by atoms with Crippen LogP contribution >= 0.6 is 0 Å². The Hall–Kier alpha value is -1.92. The van der Waals surface area contributed by atoms with Crippen LogP contribution in [0, 0.1) is 0 Å². The van der Waals surface area contributed by atoms with Gasteiger partial charge in [0.05, 0.1) is 6.54 Å². The molecule has 0 aromatic heterocycles. The van der Waals surface area contributed by atoms with E-state index in [1.54, 1.807) is 0 Å². The van der Waals surface area contributed by atoms with E-state index in [2.05, 4.69) is 54.5 Å². The SMILES string of the molecule is CC1=CC=C(NCC2=CC=C(C)CN2)C=C=C1. The predicted molar refractivity (Wildman–Crippen MR) is 72.3 cm³/mol. The van der Waals surface area contributed by atoms with Gasteiger partial charge in [0.25, 0.3) is 0 Å². The number of dihydropyridines is 1. The summed E-state index contributed by atoms with van der Waals surface area (Å²) in [7, 11) is 0. The van der Waals surface area contributed by atoms with E-state index in [1.165, 1.54) is 16.8 Å². The van der Waals surface area contributed by atoms with Crippen molar-refractivity contribution in [2.24, 2.45) is 0 Å². The Morgan fingerprint density at radius 1 is 1.18 bits per heavy atom. The highest BCUT2D eigenvalue weighted by Gasteiger charge is 2.01. The van der Waals surface area contributed by atoms with Crippen molar-refractivity contribution in [1.29, 1.82) is 0 Å². The summed E-state index contributed by atoms with van der Waals surface area (Å²) in [6.45, 7) is 5.96. The molecule has 0 fully saturated rings. The fraction of sp³-hybridized carbons (Fsp3) is 0.267. The van der Waals surface area contributed by atoms with E-state index < -0.39 is 0 Å². The molecule has 2 rings (SSSR count). The second-order valence-electron chi connectivity index (χ2n) is 4.40. The third kappa shape index (κ3) is 3.54. The van der Waals surface area contributed by atoms with Crippen molar-refractivity contribution in [1.82, 2.24) is 10.6 Å². The molecule has 1 heterocycles. The lowest BCUT2D eigenvalue weighted by molar-refractivity contribution is 0.768. The van der Waals surface area contributed by atoms with Crippen molar-refractivity contribution < 1.29 is 0 Å². The highest BCUT2D eigenvalue weighted by molar-refractivity contribution is 5.33. The van der Waals surface area contributed by atoms with E-state index in [0.29, 0.717) is 0 Å². The summed E-state index contributed by atoms with van der Waals surface area (Å²) in [5, 5.41) is 6.76. The maximum Gasteiger partial charge on any atom is 0.0548 e. The van der Waals surface area contributed by atoms with E-state index in [1.807, 2.05) is 12.2 Å². The molecule has 2 heteroatoms. The average molecular weight is 226 g/mol. The van der Waals surface area contributed by atoms with Crippen molar-refractivity contribution in [3.8, 4) is 0 Å². The summed E-state index contributed by atoms with van der Waals surface area (Å²) < 4.78 is 0. The first-order valence-corrected chi connectivity index (χ1v) is 5.89. The monoisotopic (exact) mass is 226 g/mol. The van der Waals surface area contributed by atoms with Gasteiger partial charge in [0.15, 0.2) is 0 Å². The van der Waals surface area contributed by atoms with Crippen LogP contribution in [0.2, 0.25) is 0 Å². The van der Waals surface area contributed by atoms with Crippen LogP contribution in [0.3, 0.4) is 0 Å². The van der Waals surface area contributed by atoms with Gasteiger partial charge in [-0.05, 0) is 37.6 Å². The van der Waals surface area contributed by atoms with E-state index in [4.69, 9.17) is 0 Å². The van der Waals surface area contributed by atoms with Gasteiger partial charge in [-0.3, -0.25) is 0 Å². The van der Waals surface area contributed by atoms with Crippen LogP contribution in [0.4, 0.5) is 0 Å². The zero-order valence-electron chi connectivity index (χ0n) is 10.4. The molecule has 0 bridgehead atoms. The smallest absolute Gasteiger partial charge is 0.0548 e. The first kappa shape index (κ1) is 11.6. The molecular formula is C15H18N2. The molecular weight excluding hydrogens is 208 g/mol. The van der Waals surface area contributed by atoms with Gasteiger partial charge < -0.3 is 10.6 Å². The van der Waals surface area contributed by atoms with Gasteiger partial charge in [-0.15, -0.1) is 5.73 Å². The molecule has 0 saturated heterocycles. The fourth-order valence-electron chi connectivity index (χ4n) is 1.62.